The molecule has 0 saturated carbocycles. The van der Waals surface area contributed by atoms with Gasteiger partial charge in [-0.25, -0.2) is 13.1 Å². The van der Waals surface area contributed by atoms with Crippen molar-refractivity contribution in [2.24, 2.45) is 0 Å². The first-order valence-corrected chi connectivity index (χ1v) is 7.38. The average molecular weight is 296 g/mol. The van der Waals surface area contributed by atoms with Gasteiger partial charge in [0.1, 0.15) is 16.5 Å². The van der Waals surface area contributed by atoms with Crippen LogP contribution < -0.4 is 15.2 Å². The molecule has 0 aliphatic rings. The van der Waals surface area contributed by atoms with Gasteiger partial charge < -0.3 is 10.5 Å². The van der Waals surface area contributed by atoms with Crippen LogP contribution in [0.4, 0.5) is 5.82 Å². The maximum atomic E-state index is 12.2. The number of H-pyrrole nitrogens is 1. The minimum Gasteiger partial charge on any atom is -0.496 e. The monoisotopic (exact) mass is 296 g/mol. The van der Waals surface area contributed by atoms with Crippen molar-refractivity contribution in [3.8, 4) is 5.75 Å². The topological polar surface area (TPSA) is 110 Å². The number of aromatic amines is 1. The van der Waals surface area contributed by atoms with Crippen molar-refractivity contribution in [3.05, 3.63) is 36.0 Å². The van der Waals surface area contributed by atoms with E-state index in [0.29, 0.717) is 5.75 Å². The molecule has 4 N–H and O–H groups in total. The molecule has 1 aromatic carbocycles. The molecule has 0 fully saturated rings. The Kier molecular flexibility index (Phi) is 3.96. The Morgan fingerprint density at radius 3 is 2.70 bits per heavy atom. The van der Waals surface area contributed by atoms with Crippen LogP contribution in [0.3, 0.4) is 0 Å². The molecule has 0 spiro atoms. The third kappa shape index (κ3) is 2.75. The molecule has 0 amide bonds. The first-order valence-electron chi connectivity index (χ1n) is 5.90. The predicted octanol–water partition coefficient (Wildman–Crippen LogP) is 1.04. The van der Waals surface area contributed by atoms with Crippen molar-refractivity contribution in [1.82, 2.24) is 14.9 Å². The molecular weight excluding hydrogens is 280 g/mol. The zero-order chi connectivity index (χ0) is 14.8. The van der Waals surface area contributed by atoms with Gasteiger partial charge in [-0.3, -0.25) is 5.10 Å². The number of benzene rings is 1. The largest absolute Gasteiger partial charge is 0.496 e. The lowest BCUT2D eigenvalue weighted by Gasteiger charge is -2.16. The first-order chi connectivity index (χ1) is 9.45. The van der Waals surface area contributed by atoms with Crippen LogP contribution >= 0.6 is 0 Å². The van der Waals surface area contributed by atoms with Crippen LogP contribution in [0.25, 0.3) is 0 Å². The van der Waals surface area contributed by atoms with Gasteiger partial charge >= 0.3 is 0 Å². The van der Waals surface area contributed by atoms with Gasteiger partial charge in [-0.15, -0.1) is 0 Å². The van der Waals surface area contributed by atoms with Crippen molar-refractivity contribution < 1.29 is 13.2 Å². The van der Waals surface area contributed by atoms with Crippen molar-refractivity contribution in [2.75, 3.05) is 12.8 Å². The summed E-state index contributed by atoms with van der Waals surface area (Å²) >= 11 is 0. The van der Waals surface area contributed by atoms with E-state index in [1.807, 2.05) is 12.1 Å². The molecule has 0 aliphatic heterocycles. The first kappa shape index (κ1) is 14.4. The van der Waals surface area contributed by atoms with Crippen LogP contribution in [0.1, 0.15) is 18.5 Å². The van der Waals surface area contributed by atoms with E-state index in [9.17, 15) is 8.42 Å². The maximum Gasteiger partial charge on any atom is 0.246 e. The minimum atomic E-state index is -3.74. The van der Waals surface area contributed by atoms with Gasteiger partial charge in [0.15, 0.2) is 0 Å². The Morgan fingerprint density at radius 1 is 1.40 bits per heavy atom. The quantitative estimate of drug-likeness (QED) is 0.763. The van der Waals surface area contributed by atoms with Crippen molar-refractivity contribution in [1.29, 1.82) is 0 Å². The van der Waals surface area contributed by atoms with E-state index in [1.165, 1.54) is 13.3 Å². The number of anilines is 1. The Bertz CT molecular complexity index is 696. The number of para-hydroxylation sites is 1. The number of aromatic nitrogens is 2. The van der Waals surface area contributed by atoms with Crippen LogP contribution in [-0.2, 0) is 10.0 Å². The highest BCUT2D eigenvalue weighted by atomic mass is 32.2. The van der Waals surface area contributed by atoms with Gasteiger partial charge in [-0.05, 0) is 13.0 Å². The van der Waals surface area contributed by atoms with E-state index in [4.69, 9.17) is 10.5 Å². The van der Waals surface area contributed by atoms with Gasteiger partial charge in [0.05, 0.1) is 13.3 Å². The summed E-state index contributed by atoms with van der Waals surface area (Å²) in [5.41, 5.74) is 6.27. The Balaban J connectivity index is 2.28. The van der Waals surface area contributed by atoms with Gasteiger partial charge in [0.25, 0.3) is 0 Å². The van der Waals surface area contributed by atoms with Crippen molar-refractivity contribution in [3.63, 3.8) is 0 Å². The molecule has 2 aromatic rings. The molecular formula is C12H16N4O3S. The molecule has 0 aliphatic carbocycles. The number of nitrogens with one attached hydrogen (secondary N) is 2. The van der Waals surface area contributed by atoms with Crippen LogP contribution in [0.5, 0.6) is 5.75 Å². The number of hydrogen-bond donors (Lipinski definition) is 3. The fourth-order valence-corrected chi connectivity index (χ4v) is 3.13. The summed E-state index contributed by atoms with van der Waals surface area (Å²) in [4.78, 5) is -0.0701. The highest BCUT2D eigenvalue weighted by molar-refractivity contribution is 7.89. The second-order valence-corrected chi connectivity index (χ2v) is 5.92. The zero-order valence-corrected chi connectivity index (χ0v) is 11.9. The van der Waals surface area contributed by atoms with Crippen LogP contribution in [0.15, 0.2) is 35.4 Å². The summed E-state index contributed by atoms with van der Waals surface area (Å²) in [6, 6.07) is 6.73. The minimum absolute atomic E-state index is 0.00438. The molecule has 1 heterocycles. The number of nitrogens with zero attached hydrogens (tertiary/aromatic N) is 1. The van der Waals surface area contributed by atoms with Gasteiger partial charge in [-0.2, -0.15) is 5.10 Å². The molecule has 0 saturated heterocycles. The predicted molar refractivity (Wildman–Crippen MR) is 74.7 cm³/mol. The Hall–Kier alpha value is -2.06. The van der Waals surface area contributed by atoms with E-state index >= 15 is 0 Å². The van der Waals surface area contributed by atoms with E-state index in [1.54, 1.807) is 19.1 Å². The van der Waals surface area contributed by atoms with E-state index in [-0.39, 0.29) is 10.7 Å². The fraction of sp³-hybridized carbons (Fsp3) is 0.250. The number of sulfonamides is 1. The SMILES string of the molecule is COc1ccccc1C(C)NS(=O)(=O)c1cn[nH]c1N. The van der Waals surface area contributed by atoms with Crippen molar-refractivity contribution >= 4 is 15.8 Å². The zero-order valence-electron chi connectivity index (χ0n) is 11.1. The molecule has 20 heavy (non-hydrogen) atoms. The van der Waals surface area contributed by atoms with E-state index < -0.39 is 16.1 Å². The summed E-state index contributed by atoms with van der Waals surface area (Å²) in [6.07, 6.45) is 1.17. The second-order valence-electron chi connectivity index (χ2n) is 4.23. The molecule has 1 unspecified atom stereocenters. The molecule has 1 atom stereocenters. The summed E-state index contributed by atoms with van der Waals surface area (Å²) in [6.45, 7) is 1.73. The lowest BCUT2D eigenvalue weighted by Crippen LogP contribution is -2.27. The number of hydrogen-bond acceptors (Lipinski definition) is 5. The molecule has 8 heteroatoms. The Labute approximate surface area is 117 Å². The number of nitrogen functional groups attached to an aromatic ring is 1. The van der Waals surface area contributed by atoms with E-state index in [0.717, 1.165) is 5.56 Å². The normalized spacial score (nSPS) is 13.1. The van der Waals surface area contributed by atoms with E-state index in [2.05, 4.69) is 14.9 Å². The van der Waals surface area contributed by atoms with Crippen LogP contribution in [-0.4, -0.2) is 25.7 Å². The smallest absolute Gasteiger partial charge is 0.246 e. The molecule has 0 radical (unpaired) electrons. The lowest BCUT2D eigenvalue weighted by atomic mass is 10.1. The van der Waals surface area contributed by atoms with Gasteiger partial charge in [0, 0.05) is 11.6 Å². The molecule has 108 valence electrons. The third-order valence-corrected chi connectivity index (χ3v) is 4.43. The number of ether oxygens (including phenoxy) is 1. The second kappa shape index (κ2) is 5.51. The summed E-state index contributed by atoms with van der Waals surface area (Å²) in [7, 11) is -2.21. The van der Waals surface area contributed by atoms with Gasteiger partial charge in [0.2, 0.25) is 10.0 Å². The molecule has 0 bridgehead atoms. The van der Waals surface area contributed by atoms with Gasteiger partial charge in [-0.1, -0.05) is 18.2 Å². The number of nitrogens with two attached hydrogens (primary N) is 1. The Morgan fingerprint density at radius 2 is 2.10 bits per heavy atom. The molecule has 2 rings (SSSR count). The summed E-state index contributed by atoms with van der Waals surface area (Å²) < 4.78 is 32.2. The maximum absolute atomic E-state index is 12.2. The molecule has 7 nitrogen and oxygen atoms in total. The standard InChI is InChI=1S/C12H16N4O3S/c1-8(9-5-3-4-6-10(9)19-2)16-20(17,18)11-7-14-15-12(11)13/h3-8,16H,1-2H3,(H3,13,14,15). The fourth-order valence-electron chi connectivity index (χ4n) is 1.88. The third-order valence-electron chi connectivity index (χ3n) is 2.86. The van der Waals surface area contributed by atoms with Crippen LogP contribution in [0.2, 0.25) is 0 Å². The summed E-state index contributed by atoms with van der Waals surface area (Å²) in [5, 5.41) is 6.00. The average Bonchev–Trinajstić information content (AvgIpc) is 2.85. The highest BCUT2D eigenvalue weighted by Crippen LogP contribution is 2.26. The van der Waals surface area contributed by atoms with Crippen LogP contribution in [0, 0.1) is 0 Å². The molecule has 1 aromatic heterocycles. The summed E-state index contributed by atoms with van der Waals surface area (Å²) in [5.74, 6) is 0.618. The number of rotatable bonds is 5. The van der Waals surface area contributed by atoms with Crippen molar-refractivity contribution in [2.45, 2.75) is 17.9 Å². The lowest BCUT2D eigenvalue weighted by molar-refractivity contribution is 0.405. The number of methoxy groups -OCH3 is 1. The highest BCUT2D eigenvalue weighted by Gasteiger charge is 2.23.